The van der Waals surface area contributed by atoms with Crippen LogP contribution in [0.2, 0.25) is 0 Å². The van der Waals surface area contributed by atoms with Gasteiger partial charge in [0.05, 0.1) is 72.7 Å². The van der Waals surface area contributed by atoms with Gasteiger partial charge in [-0.2, -0.15) is 0 Å². The Morgan fingerprint density at radius 1 is 0.676 bits per heavy atom. The number of benzene rings is 1. The molecule has 28 N–H and O–H groups in total. The van der Waals surface area contributed by atoms with Crippen LogP contribution < -0.4 is 76.5 Å². The van der Waals surface area contributed by atoms with E-state index in [0.717, 1.165) is 51.4 Å². The number of hydrogen-bond donors (Lipinski definition) is 23. The molecule has 0 spiro atoms. The van der Waals surface area contributed by atoms with Crippen molar-refractivity contribution in [2.75, 3.05) is 71.3 Å². The molecule has 5 aromatic rings. The van der Waals surface area contributed by atoms with Gasteiger partial charge in [-0.3, -0.25) is 38.4 Å². The number of imidazole rings is 1. The van der Waals surface area contributed by atoms with Crippen molar-refractivity contribution in [3.05, 3.63) is 92.7 Å². The second-order valence-corrected chi connectivity index (χ2v) is 28.1. The van der Waals surface area contributed by atoms with Crippen LogP contribution >= 0.6 is 22.7 Å². The number of primary amides is 3. The lowest BCUT2D eigenvalue weighted by Gasteiger charge is -2.47. The summed E-state index contributed by atoms with van der Waals surface area (Å²) in [6.45, 7) is 6.82. The predicted octanol–water partition coefficient (Wildman–Crippen LogP) is -6.80. The maximum absolute atomic E-state index is 15.2. The number of aromatic amines is 1. The Morgan fingerprint density at radius 3 is 1.95 bits per heavy atom. The van der Waals surface area contributed by atoms with Gasteiger partial charge in [0.15, 0.2) is 18.7 Å². The van der Waals surface area contributed by atoms with Crippen LogP contribution in [0.25, 0.3) is 10.7 Å². The van der Waals surface area contributed by atoms with Crippen LogP contribution in [0.1, 0.15) is 118 Å². The van der Waals surface area contributed by atoms with Crippen LogP contribution in [0.4, 0.5) is 10.6 Å². The predicted molar refractivity (Wildman–Crippen MR) is 393 cm³/mol. The fourth-order valence-corrected chi connectivity index (χ4v) is 13.1. The van der Waals surface area contributed by atoms with E-state index in [1.807, 2.05) is 18.2 Å². The maximum atomic E-state index is 15.2. The summed E-state index contributed by atoms with van der Waals surface area (Å²) >= 11 is 2.50. The molecule has 1 aromatic carbocycles. The molecule has 111 heavy (non-hydrogen) atoms. The molecule has 4 aromatic heterocycles. The summed E-state index contributed by atoms with van der Waals surface area (Å²) < 4.78 is 28.8. The average Bonchev–Trinajstić information content (AvgIpc) is 1.08. The lowest BCUT2D eigenvalue weighted by Crippen LogP contribution is -2.65. The third-order valence-electron chi connectivity index (χ3n) is 17.9. The van der Waals surface area contributed by atoms with E-state index in [9.17, 15) is 79.2 Å². The fraction of sp³-hybridized carbons (Fsp3) is 0.582. The third kappa shape index (κ3) is 25.7. The zero-order valence-corrected chi connectivity index (χ0v) is 62.8. The molecular formula is C67H100N20O22S2. The summed E-state index contributed by atoms with van der Waals surface area (Å²) in [4.78, 5) is 144. The van der Waals surface area contributed by atoms with E-state index in [1.165, 1.54) is 50.4 Å². The first-order valence-corrected chi connectivity index (χ1v) is 37.4. The SMILES string of the molecule is Cc1c(N)nc([C@H](CC(N)=O)NC[C@H](N)C(N)=O)nc1C(=O)N[C@H](C(=O)N[C@H](C)[C@@H](O)[C@H](C)C(=O)N[C@H](C(=O)NCCc1nc(-c2nc(C(=O)NCCCNCCCCNCCCNC(=O)c3ccccc3)cs2)cs1)[C@@H](C)O)[C@@H](O[C@@H]1O[C@@H](CO)[C@@H](O)[C@H](O)[C@@H]1O[C@H]1O[C@H](CO)[C@@H](O)[C@H](OC(N)=O)[C@@H]1O)c1cnc[nH]1. The summed E-state index contributed by atoms with van der Waals surface area (Å²) in [5, 5.41) is 118. The molecule has 42 nitrogen and oxygen atoms in total. The van der Waals surface area contributed by atoms with Gasteiger partial charge in [-0.1, -0.05) is 25.1 Å². The van der Waals surface area contributed by atoms with E-state index in [4.69, 9.17) is 52.4 Å². The van der Waals surface area contributed by atoms with Crippen molar-refractivity contribution in [2.45, 2.75) is 176 Å². The number of thiazole rings is 2. The molecule has 612 valence electrons. The Bertz CT molecular complexity index is 3850. The van der Waals surface area contributed by atoms with Gasteiger partial charge in [0, 0.05) is 60.9 Å². The molecule has 2 aliphatic heterocycles. The number of H-pyrrole nitrogens is 1. The molecule has 9 amide bonds. The van der Waals surface area contributed by atoms with Crippen molar-refractivity contribution in [3.63, 3.8) is 0 Å². The quantitative estimate of drug-likeness (QED) is 0.0161. The van der Waals surface area contributed by atoms with Gasteiger partial charge in [0.25, 0.3) is 17.7 Å². The Labute approximate surface area is 644 Å². The first-order chi connectivity index (χ1) is 52.9. The molecule has 19 atom stereocenters. The van der Waals surface area contributed by atoms with E-state index in [0.29, 0.717) is 47.3 Å². The molecule has 6 heterocycles. The second kappa shape index (κ2) is 43.7. The number of amides is 9. The van der Waals surface area contributed by atoms with Crippen LogP contribution in [0, 0.1) is 12.8 Å². The van der Waals surface area contributed by atoms with Crippen LogP contribution in [0.3, 0.4) is 0 Å². The highest BCUT2D eigenvalue weighted by atomic mass is 32.1. The summed E-state index contributed by atoms with van der Waals surface area (Å²) in [5.41, 5.74) is 28.7. The number of nitrogens with zero attached hydrogens (tertiary/aromatic N) is 5. The van der Waals surface area contributed by atoms with E-state index in [1.54, 1.807) is 22.9 Å². The van der Waals surface area contributed by atoms with Gasteiger partial charge in [-0.25, -0.2) is 29.7 Å². The van der Waals surface area contributed by atoms with Crippen molar-refractivity contribution in [1.82, 2.24) is 77.8 Å². The Kier molecular flexibility index (Phi) is 35.1. The normalized spacial score (nSPS) is 22.2. The largest absolute Gasteiger partial charge is 0.441 e. The van der Waals surface area contributed by atoms with Gasteiger partial charge in [-0.15, -0.1) is 22.7 Å². The highest BCUT2D eigenvalue weighted by Gasteiger charge is 2.54. The van der Waals surface area contributed by atoms with Crippen molar-refractivity contribution >= 4 is 81.8 Å². The average molecular weight is 1600 g/mol. The Balaban J connectivity index is 0.986. The number of rotatable bonds is 45. The molecule has 44 heteroatoms. The minimum Gasteiger partial charge on any atom is -0.441 e. The molecule has 0 unspecified atom stereocenters. The van der Waals surface area contributed by atoms with Crippen molar-refractivity contribution in [3.8, 4) is 10.7 Å². The molecule has 0 radical (unpaired) electrons. The van der Waals surface area contributed by atoms with Crippen molar-refractivity contribution in [2.24, 2.45) is 28.9 Å². The molecule has 0 aliphatic carbocycles. The Hall–Kier alpha value is -9.04. The van der Waals surface area contributed by atoms with E-state index < -0.39 is 183 Å². The molecule has 7 rings (SSSR count). The molecule has 2 fully saturated rings. The number of carbonyl (C=O) groups excluding carboxylic acids is 9. The minimum absolute atomic E-state index is 0.0246. The lowest BCUT2D eigenvalue weighted by molar-refractivity contribution is -0.372. The molecule has 2 saturated heterocycles. The standard InChI is InChI=1S/C67H100N20O22S2/c1-30-44(84-57(87-55(30)70)36(22-42(69)91)79-23-35(68)56(71)97)62(102)86-46(52(37-24-75-29-80-37)107-66-54(50(95)48(93)40(25-88)106-66)108-65-51(96)53(109-67(72)104)49(94)41(26-89)105-65)63(103)81-32(3)47(92)31(2)58(98)85-45(33(4)90)61(101)78-21-14-43-82-39(28-110-43)64-83-38(27-111-64)60(100)77-20-11-18-74-16-9-8-15-73-17-10-19-76-59(99)34-12-6-5-7-13-34/h5-7,12-13,24,27-29,31-33,35-36,40-41,45-54,65-66,73-74,79,88-90,92-96H,8-11,14-23,25-26,68H2,1-4H3,(H2,69,91)(H2,71,97)(H2,72,104)(H,75,80)(H,76,99)(H,77,100)(H,78,101)(H,81,103)(H,85,98)(H,86,102)(H2,70,84,87)/t31-,32+,33+,35-,36-,40-,41+,45-,46-,47-,48+,49+,50-,51-,52-,53-,54-,65+,66-/m0/s1. The molecule has 0 bridgehead atoms. The lowest BCUT2D eigenvalue weighted by atomic mass is 9.96. The van der Waals surface area contributed by atoms with Crippen LogP contribution in [0.15, 0.2) is 53.6 Å². The number of anilines is 1. The zero-order chi connectivity index (χ0) is 81.2. The monoisotopic (exact) mass is 1600 g/mol. The number of aromatic nitrogens is 6. The van der Waals surface area contributed by atoms with E-state index >= 15 is 4.79 Å². The van der Waals surface area contributed by atoms with E-state index in [2.05, 4.69) is 77.8 Å². The summed E-state index contributed by atoms with van der Waals surface area (Å²) in [7, 11) is 0. The number of nitrogens with one attached hydrogen (secondary N) is 10. The number of carbonyl (C=O) groups is 9. The number of ether oxygens (including phenoxy) is 5. The first kappa shape index (κ1) is 89.2. The Morgan fingerprint density at radius 2 is 1.32 bits per heavy atom. The number of nitrogens with two attached hydrogens (primary N) is 5. The summed E-state index contributed by atoms with van der Waals surface area (Å²) in [6.07, 6.45) is -21.8. The third-order valence-corrected chi connectivity index (χ3v) is 19.7. The van der Waals surface area contributed by atoms with Crippen LogP contribution in [0.5, 0.6) is 0 Å². The van der Waals surface area contributed by atoms with Crippen molar-refractivity contribution in [1.29, 1.82) is 0 Å². The number of unbranched alkanes of at least 4 members (excludes halogenated alkanes) is 1. The zero-order valence-electron chi connectivity index (χ0n) is 61.2. The molecule has 2 aliphatic rings. The fourth-order valence-electron chi connectivity index (χ4n) is 11.5. The number of aliphatic hydroxyl groups is 8. The highest BCUT2D eigenvalue weighted by Crippen LogP contribution is 2.35. The number of aliphatic hydroxyl groups excluding tert-OH is 8. The first-order valence-electron chi connectivity index (χ1n) is 35.6. The highest BCUT2D eigenvalue weighted by molar-refractivity contribution is 7.14. The topological polar surface area (TPSA) is 680 Å². The smallest absolute Gasteiger partial charge is 0.404 e. The van der Waals surface area contributed by atoms with Gasteiger partial charge < -0.3 is 146 Å². The minimum atomic E-state index is -2.21. The second-order valence-electron chi connectivity index (χ2n) is 26.3. The molecular weight excluding hydrogens is 1500 g/mol. The number of hydrogen-bond acceptors (Lipinski definition) is 34. The van der Waals surface area contributed by atoms with Gasteiger partial charge in [0.2, 0.25) is 29.5 Å². The molecule has 0 saturated carbocycles. The summed E-state index contributed by atoms with van der Waals surface area (Å²) in [6, 6.07) is 1.17. The van der Waals surface area contributed by atoms with Crippen molar-refractivity contribution < 1.29 is 108 Å². The van der Waals surface area contributed by atoms with Crippen LogP contribution in [-0.2, 0) is 54.1 Å². The van der Waals surface area contributed by atoms with Gasteiger partial charge >= 0.3 is 6.09 Å². The maximum Gasteiger partial charge on any atom is 0.404 e. The van der Waals surface area contributed by atoms with Gasteiger partial charge in [0.1, 0.15) is 94.6 Å². The summed E-state index contributed by atoms with van der Waals surface area (Å²) in [5.74, 6) is -8.88. The van der Waals surface area contributed by atoms with Gasteiger partial charge in [-0.05, 0) is 84.8 Å². The van der Waals surface area contributed by atoms with E-state index in [-0.39, 0.29) is 59.9 Å². The number of nitrogen functional groups attached to an aromatic ring is 1. The van der Waals surface area contributed by atoms with Crippen LogP contribution in [-0.4, -0.2) is 287 Å².